The van der Waals surface area contributed by atoms with Crippen molar-refractivity contribution >= 4 is 46.7 Å². The number of rotatable bonds is 8. The molecule has 0 saturated carbocycles. The fourth-order valence-electron chi connectivity index (χ4n) is 1.75. The number of thioether (sulfide) groups is 2. The zero-order valence-corrected chi connectivity index (χ0v) is 15.0. The first kappa shape index (κ1) is 18.6. The predicted molar refractivity (Wildman–Crippen MR) is 99.0 cm³/mol. The second kappa shape index (κ2) is 9.56. The zero-order chi connectivity index (χ0) is 17.4. The number of amides is 1. The van der Waals surface area contributed by atoms with Crippen molar-refractivity contribution in [3.8, 4) is 0 Å². The highest BCUT2D eigenvalue weighted by molar-refractivity contribution is 8.00. The van der Waals surface area contributed by atoms with E-state index in [0.717, 1.165) is 15.5 Å². The molecule has 1 amide bonds. The minimum absolute atomic E-state index is 0.0445. The van der Waals surface area contributed by atoms with E-state index >= 15 is 0 Å². The van der Waals surface area contributed by atoms with E-state index in [1.165, 1.54) is 23.9 Å². The molecule has 2 rings (SSSR count). The minimum atomic E-state index is -0.445. The molecule has 0 atom stereocenters. The molecule has 8 heteroatoms. The Bertz CT molecular complexity index is 693. The van der Waals surface area contributed by atoms with Crippen molar-refractivity contribution in [2.24, 2.45) is 0 Å². The third-order valence-corrected chi connectivity index (χ3v) is 5.20. The monoisotopic (exact) mass is 382 g/mol. The van der Waals surface area contributed by atoms with E-state index in [1.807, 2.05) is 24.3 Å². The van der Waals surface area contributed by atoms with E-state index in [1.54, 1.807) is 23.9 Å². The van der Waals surface area contributed by atoms with Gasteiger partial charge < -0.3 is 5.32 Å². The van der Waals surface area contributed by atoms with Gasteiger partial charge >= 0.3 is 0 Å². The van der Waals surface area contributed by atoms with E-state index in [9.17, 15) is 14.9 Å². The van der Waals surface area contributed by atoms with Crippen LogP contribution in [-0.4, -0.2) is 28.9 Å². The number of carbonyl (C=O) groups is 1. The van der Waals surface area contributed by atoms with E-state index in [2.05, 4.69) is 5.32 Å². The highest BCUT2D eigenvalue weighted by atomic mass is 35.5. The van der Waals surface area contributed by atoms with Gasteiger partial charge in [-0.15, -0.1) is 23.5 Å². The van der Waals surface area contributed by atoms with Gasteiger partial charge in [-0.2, -0.15) is 0 Å². The van der Waals surface area contributed by atoms with Crippen molar-refractivity contribution in [2.45, 2.75) is 9.79 Å². The van der Waals surface area contributed by atoms with Crippen LogP contribution in [0.2, 0.25) is 5.02 Å². The van der Waals surface area contributed by atoms with Gasteiger partial charge in [-0.1, -0.05) is 11.6 Å². The molecule has 0 bridgehead atoms. The largest absolute Gasteiger partial charge is 0.355 e. The zero-order valence-electron chi connectivity index (χ0n) is 12.6. The molecule has 2 aromatic rings. The summed E-state index contributed by atoms with van der Waals surface area (Å²) in [7, 11) is 0. The topological polar surface area (TPSA) is 72.2 Å². The molecule has 0 unspecified atom stereocenters. The number of benzene rings is 2. The fraction of sp³-hybridized carbons (Fsp3) is 0.188. The van der Waals surface area contributed by atoms with Crippen LogP contribution in [0, 0.1) is 10.1 Å². The normalized spacial score (nSPS) is 10.4. The SMILES string of the molecule is O=C(CSc1ccc([N+](=O)[O-])cc1)NCCSc1ccc(Cl)cc1. The van der Waals surface area contributed by atoms with Crippen LogP contribution in [0.4, 0.5) is 5.69 Å². The Morgan fingerprint density at radius 2 is 1.62 bits per heavy atom. The van der Waals surface area contributed by atoms with Crippen LogP contribution >= 0.6 is 35.1 Å². The summed E-state index contributed by atoms with van der Waals surface area (Å²) < 4.78 is 0. The number of nitrogens with one attached hydrogen (secondary N) is 1. The number of nitro benzene ring substituents is 1. The molecule has 0 radical (unpaired) electrons. The number of halogens is 1. The molecule has 0 aliphatic carbocycles. The Kier molecular flexibility index (Phi) is 7.42. The number of nitrogens with zero attached hydrogens (tertiary/aromatic N) is 1. The summed E-state index contributed by atoms with van der Waals surface area (Å²) in [5, 5.41) is 14.1. The maximum Gasteiger partial charge on any atom is 0.269 e. The van der Waals surface area contributed by atoms with Gasteiger partial charge in [-0.25, -0.2) is 0 Å². The maximum absolute atomic E-state index is 11.8. The smallest absolute Gasteiger partial charge is 0.269 e. The van der Waals surface area contributed by atoms with Gasteiger partial charge in [0.2, 0.25) is 5.91 Å². The van der Waals surface area contributed by atoms with Gasteiger partial charge in [0, 0.05) is 39.2 Å². The molecule has 2 aromatic carbocycles. The maximum atomic E-state index is 11.8. The van der Waals surface area contributed by atoms with Crippen LogP contribution in [-0.2, 0) is 4.79 Å². The van der Waals surface area contributed by atoms with Crippen LogP contribution < -0.4 is 5.32 Å². The predicted octanol–water partition coefficient (Wildman–Crippen LogP) is 4.25. The van der Waals surface area contributed by atoms with Gasteiger partial charge in [0.15, 0.2) is 0 Å². The Morgan fingerprint density at radius 3 is 2.25 bits per heavy atom. The summed E-state index contributed by atoms with van der Waals surface area (Å²) in [6.07, 6.45) is 0. The van der Waals surface area contributed by atoms with Gasteiger partial charge in [-0.05, 0) is 36.4 Å². The molecule has 1 N–H and O–H groups in total. The third-order valence-electron chi connectivity index (χ3n) is 2.92. The van der Waals surface area contributed by atoms with E-state index in [-0.39, 0.29) is 17.3 Å². The Hall–Kier alpha value is -1.70. The standard InChI is InChI=1S/C16H15ClN2O3S2/c17-12-1-5-14(6-2-12)23-10-9-18-16(20)11-24-15-7-3-13(4-8-15)19(21)22/h1-8H,9-11H2,(H,18,20). The van der Waals surface area contributed by atoms with Crippen molar-refractivity contribution in [1.29, 1.82) is 0 Å². The van der Waals surface area contributed by atoms with E-state index in [0.29, 0.717) is 11.6 Å². The van der Waals surface area contributed by atoms with Gasteiger partial charge in [0.25, 0.3) is 5.69 Å². The van der Waals surface area contributed by atoms with Crippen molar-refractivity contribution in [1.82, 2.24) is 5.32 Å². The number of hydrogen-bond donors (Lipinski definition) is 1. The molecule has 0 aliphatic heterocycles. The lowest BCUT2D eigenvalue weighted by atomic mass is 10.3. The first-order chi connectivity index (χ1) is 11.5. The van der Waals surface area contributed by atoms with Crippen LogP contribution in [0.3, 0.4) is 0 Å². The first-order valence-corrected chi connectivity index (χ1v) is 9.42. The highest BCUT2D eigenvalue weighted by Crippen LogP contribution is 2.21. The third kappa shape index (κ3) is 6.43. The lowest BCUT2D eigenvalue weighted by Crippen LogP contribution is -2.27. The Labute approximate surface area is 153 Å². The van der Waals surface area contributed by atoms with Gasteiger partial charge in [0.1, 0.15) is 0 Å². The van der Waals surface area contributed by atoms with Crippen molar-refractivity contribution < 1.29 is 9.72 Å². The number of non-ortho nitro benzene ring substituents is 1. The summed E-state index contributed by atoms with van der Waals surface area (Å²) in [6, 6.07) is 13.7. The lowest BCUT2D eigenvalue weighted by Gasteiger charge is -2.05. The molecule has 126 valence electrons. The quantitative estimate of drug-likeness (QED) is 0.320. The first-order valence-electron chi connectivity index (χ1n) is 7.07. The van der Waals surface area contributed by atoms with Crippen LogP contribution in [0.5, 0.6) is 0 Å². The number of carbonyl (C=O) groups excluding carboxylic acids is 1. The summed E-state index contributed by atoms with van der Waals surface area (Å²) >= 11 is 8.82. The molecule has 5 nitrogen and oxygen atoms in total. The molecule has 0 aliphatic rings. The molecule has 0 aromatic heterocycles. The number of nitro groups is 1. The Balaban J connectivity index is 1.64. The average Bonchev–Trinajstić information content (AvgIpc) is 2.59. The van der Waals surface area contributed by atoms with Crippen LogP contribution in [0.15, 0.2) is 58.3 Å². The van der Waals surface area contributed by atoms with E-state index in [4.69, 9.17) is 11.6 Å². The molecular weight excluding hydrogens is 368 g/mol. The van der Waals surface area contributed by atoms with Crippen molar-refractivity contribution in [2.75, 3.05) is 18.1 Å². The Morgan fingerprint density at radius 1 is 1.04 bits per heavy atom. The molecule has 0 fully saturated rings. The van der Waals surface area contributed by atoms with Crippen LogP contribution in [0.25, 0.3) is 0 Å². The molecular formula is C16H15ClN2O3S2. The summed E-state index contributed by atoms with van der Waals surface area (Å²) in [6.45, 7) is 0.576. The molecule has 0 spiro atoms. The highest BCUT2D eigenvalue weighted by Gasteiger charge is 2.06. The summed E-state index contributed by atoms with van der Waals surface area (Å²) in [4.78, 5) is 23.8. The molecule has 0 heterocycles. The van der Waals surface area contributed by atoms with E-state index < -0.39 is 4.92 Å². The van der Waals surface area contributed by atoms with Gasteiger partial charge in [-0.3, -0.25) is 14.9 Å². The van der Waals surface area contributed by atoms with Crippen LogP contribution in [0.1, 0.15) is 0 Å². The van der Waals surface area contributed by atoms with Gasteiger partial charge in [0.05, 0.1) is 10.7 Å². The average molecular weight is 383 g/mol. The second-order valence-electron chi connectivity index (χ2n) is 4.69. The summed E-state index contributed by atoms with van der Waals surface area (Å²) in [5.74, 6) is 0.994. The summed E-state index contributed by atoms with van der Waals surface area (Å²) in [5.41, 5.74) is 0.0445. The fourth-order valence-corrected chi connectivity index (χ4v) is 3.38. The minimum Gasteiger partial charge on any atom is -0.355 e. The number of hydrogen-bond acceptors (Lipinski definition) is 5. The van der Waals surface area contributed by atoms with Crippen molar-refractivity contribution in [3.63, 3.8) is 0 Å². The second-order valence-corrected chi connectivity index (χ2v) is 7.35. The lowest BCUT2D eigenvalue weighted by molar-refractivity contribution is -0.384. The molecule has 0 saturated heterocycles. The van der Waals surface area contributed by atoms with Crippen molar-refractivity contribution in [3.05, 3.63) is 63.7 Å². The molecule has 24 heavy (non-hydrogen) atoms.